The van der Waals surface area contributed by atoms with Crippen LogP contribution in [0.5, 0.6) is 0 Å². The van der Waals surface area contributed by atoms with E-state index in [1.54, 1.807) is 12.1 Å². The predicted molar refractivity (Wildman–Crippen MR) is 76.4 cm³/mol. The zero-order valence-electron chi connectivity index (χ0n) is 11.3. The lowest BCUT2D eigenvalue weighted by Crippen LogP contribution is -2.32. The number of benzene rings is 1. The van der Waals surface area contributed by atoms with E-state index in [4.69, 9.17) is 5.73 Å². The van der Waals surface area contributed by atoms with E-state index in [2.05, 4.69) is 4.72 Å². The Labute approximate surface area is 115 Å². The normalized spacial score (nSPS) is 18.6. The summed E-state index contributed by atoms with van der Waals surface area (Å²) >= 11 is 0. The number of nitrogens with two attached hydrogens (primary N) is 1. The van der Waals surface area contributed by atoms with E-state index in [-0.39, 0.29) is 12.1 Å². The van der Waals surface area contributed by atoms with Crippen molar-refractivity contribution in [3.8, 4) is 0 Å². The molecule has 0 aromatic heterocycles. The fraction of sp³-hybridized carbons (Fsp3) is 0.571. The van der Waals surface area contributed by atoms with Crippen molar-refractivity contribution in [3.05, 3.63) is 29.8 Å². The van der Waals surface area contributed by atoms with Crippen LogP contribution in [0.25, 0.3) is 0 Å². The number of hydrogen-bond donors (Lipinski definition) is 2. The van der Waals surface area contributed by atoms with E-state index in [1.807, 2.05) is 19.1 Å². The van der Waals surface area contributed by atoms with Crippen LogP contribution in [0.15, 0.2) is 29.2 Å². The van der Waals surface area contributed by atoms with Crippen molar-refractivity contribution in [1.29, 1.82) is 0 Å². The Balaban J connectivity index is 2.07. The molecule has 19 heavy (non-hydrogen) atoms. The third-order valence-electron chi connectivity index (χ3n) is 3.47. The summed E-state index contributed by atoms with van der Waals surface area (Å²) in [5, 5.41) is 0. The van der Waals surface area contributed by atoms with Crippen LogP contribution in [0.3, 0.4) is 0 Å². The molecular weight excluding hydrogens is 260 g/mol. The number of rotatable bonds is 5. The first-order chi connectivity index (χ1) is 8.97. The van der Waals surface area contributed by atoms with Crippen molar-refractivity contribution in [3.63, 3.8) is 0 Å². The molecule has 4 nitrogen and oxygen atoms in total. The van der Waals surface area contributed by atoms with E-state index >= 15 is 0 Å². The summed E-state index contributed by atoms with van der Waals surface area (Å²) in [6.45, 7) is 1.94. The molecule has 1 aliphatic rings. The average Bonchev–Trinajstić information content (AvgIpc) is 2.81. The minimum atomic E-state index is -3.37. The van der Waals surface area contributed by atoms with Crippen LogP contribution in [0.1, 0.15) is 38.2 Å². The van der Waals surface area contributed by atoms with Crippen LogP contribution >= 0.6 is 0 Å². The molecule has 1 unspecified atom stereocenters. The SMILES string of the molecule is CC(N)Cc1ccc(S(=O)(=O)NC2CCCC2)cc1. The number of nitrogens with one attached hydrogen (secondary N) is 1. The molecule has 1 saturated carbocycles. The Morgan fingerprint density at radius 2 is 1.84 bits per heavy atom. The highest BCUT2D eigenvalue weighted by atomic mass is 32.2. The molecule has 0 bridgehead atoms. The molecule has 0 spiro atoms. The zero-order valence-corrected chi connectivity index (χ0v) is 12.1. The second-order valence-corrected chi connectivity index (χ2v) is 7.14. The fourth-order valence-electron chi connectivity index (χ4n) is 2.51. The maximum absolute atomic E-state index is 12.2. The second-order valence-electron chi connectivity index (χ2n) is 5.43. The van der Waals surface area contributed by atoms with Gasteiger partial charge < -0.3 is 5.73 Å². The van der Waals surface area contributed by atoms with Gasteiger partial charge in [-0.2, -0.15) is 0 Å². The van der Waals surface area contributed by atoms with Crippen LogP contribution in [0.4, 0.5) is 0 Å². The summed E-state index contributed by atoms with van der Waals surface area (Å²) < 4.78 is 27.2. The lowest BCUT2D eigenvalue weighted by atomic mass is 10.1. The Hall–Kier alpha value is -0.910. The van der Waals surface area contributed by atoms with Gasteiger partial charge in [0.25, 0.3) is 0 Å². The highest BCUT2D eigenvalue weighted by molar-refractivity contribution is 7.89. The summed E-state index contributed by atoms with van der Waals surface area (Å²) in [6, 6.07) is 7.19. The van der Waals surface area contributed by atoms with Crippen molar-refractivity contribution < 1.29 is 8.42 Å². The van der Waals surface area contributed by atoms with E-state index in [0.717, 1.165) is 37.7 Å². The van der Waals surface area contributed by atoms with Crippen molar-refractivity contribution in [2.75, 3.05) is 0 Å². The highest BCUT2D eigenvalue weighted by Gasteiger charge is 2.22. The second kappa shape index (κ2) is 6.03. The first-order valence-corrected chi connectivity index (χ1v) is 8.32. The number of sulfonamides is 1. The molecule has 3 N–H and O–H groups in total. The van der Waals surface area contributed by atoms with Crippen LogP contribution in [-0.4, -0.2) is 20.5 Å². The molecule has 1 atom stereocenters. The third kappa shape index (κ3) is 4.03. The Kier molecular flexibility index (Phi) is 4.60. The summed E-state index contributed by atoms with van der Waals surface area (Å²) in [5.74, 6) is 0. The minimum Gasteiger partial charge on any atom is -0.328 e. The van der Waals surface area contributed by atoms with E-state index in [9.17, 15) is 8.42 Å². The standard InChI is InChI=1S/C14H22N2O2S/c1-11(15)10-12-6-8-14(9-7-12)19(17,18)16-13-4-2-3-5-13/h6-9,11,13,16H,2-5,10,15H2,1H3. The van der Waals surface area contributed by atoms with Gasteiger partial charge in [0.1, 0.15) is 0 Å². The molecule has 0 aliphatic heterocycles. The van der Waals surface area contributed by atoms with Gasteiger partial charge in [-0.25, -0.2) is 13.1 Å². The van der Waals surface area contributed by atoms with Gasteiger partial charge in [0, 0.05) is 12.1 Å². The molecular formula is C14H22N2O2S. The molecule has 2 rings (SSSR count). The van der Waals surface area contributed by atoms with Crippen LogP contribution in [-0.2, 0) is 16.4 Å². The molecule has 106 valence electrons. The highest BCUT2D eigenvalue weighted by Crippen LogP contribution is 2.20. The molecule has 0 heterocycles. The van der Waals surface area contributed by atoms with Gasteiger partial charge in [0.2, 0.25) is 10.0 Å². The topological polar surface area (TPSA) is 72.2 Å². The Morgan fingerprint density at radius 1 is 1.26 bits per heavy atom. The predicted octanol–water partition coefficient (Wildman–Crippen LogP) is 1.80. The van der Waals surface area contributed by atoms with Gasteiger partial charge in [-0.3, -0.25) is 0 Å². The lowest BCUT2D eigenvalue weighted by Gasteiger charge is -2.13. The van der Waals surface area contributed by atoms with E-state index in [0.29, 0.717) is 4.90 Å². The smallest absolute Gasteiger partial charge is 0.240 e. The maximum Gasteiger partial charge on any atom is 0.240 e. The van der Waals surface area contributed by atoms with Crippen LogP contribution in [0, 0.1) is 0 Å². The Morgan fingerprint density at radius 3 is 2.37 bits per heavy atom. The van der Waals surface area contributed by atoms with Gasteiger partial charge in [-0.05, 0) is 43.9 Å². The third-order valence-corrected chi connectivity index (χ3v) is 5.00. The van der Waals surface area contributed by atoms with Crippen LogP contribution < -0.4 is 10.5 Å². The molecule has 0 saturated heterocycles. The maximum atomic E-state index is 12.2. The molecule has 0 amide bonds. The molecule has 1 aromatic carbocycles. The van der Waals surface area contributed by atoms with Gasteiger partial charge >= 0.3 is 0 Å². The van der Waals surface area contributed by atoms with Crippen LogP contribution in [0.2, 0.25) is 0 Å². The van der Waals surface area contributed by atoms with E-state index in [1.165, 1.54) is 0 Å². The minimum absolute atomic E-state index is 0.0825. The Bertz CT molecular complexity index is 503. The van der Waals surface area contributed by atoms with Crippen molar-refractivity contribution in [1.82, 2.24) is 4.72 Å². The summed E-state index contributed by atoms with van der Waals surface area (Å²) in [7, 11) is -3.37. The van der Waals surface area contributed by atoms with E-state index < -0.39 is 10.0 Å². The van der Waals surface area contributed by atoms with Crippen molar-refractivity contribution in [2.24, 2.45) is 5.73 Å². The van der Waals surface area contributed by atoms with Gasteiger partial charge in [0.05, 0.1) is 4.90 Å². The van der Waals surface area contributed by atoms with Gasteiger partial charge in [-0.15, -0.1) is 0 Å². The molecule has 1 aliphatic carbocycles. The van der Waals surface area contributed by atoms with Gasteiger partial charge in [-0.1, -0.05) is 25.0 Å². The van der Waals surface area contributed by atoms with Crippen molar-refractivity contribution in [2.45, 2.75) is 56.0 Å². The monoisotopic (exact) mass is 282 g/mol. The lowest BCUT2D eigenvalue weighted by molar-refractivity contribution is 0.552. The summed E-state index contributed by atoms with van der Waals surface area (Å²) in [4.78, 5) is 0.341. The van der Waals surface area contributed by atoms with Crippen molar-refractivity contribution >= 4 is 10.0 Å². The molecule has 1 aromatic rings. The first kappa shape index (κ1) is 14.5. The molecule has 0 radical (unpaired) electrons. The quantitative estimate of drug-likeness (QED) is 0.865. The average molecular weight is 282 g/mol. The van der Waals surface area contributed by atoms with Gasteiger partial charge in [0.15, 0.2) is 0 Å². The summed E-state index contributed by atoms with van der Waals surface area (Å²) in [6.07, 6.45) is 4.88. The summed E-state index contributed by atoms with van der Waals surface area (Å²) in [5.41, 5.74) is 6.79. The largest absolute Gasteiger partial charge is 0.328 e. The molecule has 1 fully saturated rings. The first-order valence-electron chi connectivity index (χ1n) is 6.84. The zero-order chi connectivity index (χ0) is 13.9. The molecule has 5 heteroatoms. The number of hydrogen-bond acceptors (Lipinski definition) is 3. The fourth-order valence-corrected chi connectivity index (χ4v) is 3.81.